The molecular weight excluding hydrogens is 184 g/mol. The molecular formula is C11H15F2N. The second kappa shape index (κ2) is 4.05. The Morgan fingerprint density at radius 3 is 2.14 bits per heavy atom. The van der Waals surface area contributed by atoms with Crippen LogP contribution in [0, 0.1) is 11.6 Å². The van der Waals surface area contributed by atoms with E-state index in [0.717, 1.165) is 5.56 Å². The van der Waals surface area contributed by atoms with E-state index in [0.29, 0.717) is 0 Å². The quantitative estimate of drug-likeness (QED) is 0.778. The van der Waals surface area contributed by atoms with E-state index in [1.54, 1.807) is 13.0 Å². The summed E-state index contributed by atoms with van der Waals surface area (Å²) in [7, 11) is 0. The first-order valence-corrected chi connectivity index (χ1v) is 4.68. The van der Waals surface area contributed by atoms with Gasteiger partial charge in [-0.05, 0) is 24.5 Å². The fourth-order valence-electron chi connectivity index (χ4n) is 1.30. The van der Waals surface area contributed by atoms with E-state index in [9.17, 15) is 8.78 Å². The van der Waals surface area contributed by atoms with Crippen molar-refractivity contribution in [2.75, 3.05) is 0 Å². The summed E-state index contributed by atoms with van der Waals surface area (Å²) in [4.78, 5) is 0. The van der Waals surface area contributed by atoms with Gasteiger partial charge in [0.15, 0.2) is 11.6 Å². The molecule has 0 bridgehead atoms. The molecule has 0 spiro atoms. The zero-order valence-corrected chi connectivity index (χ0v) is 8.64. The first-order valence-electron chi connectivity index (χ1n) is 4.68. The Labute approximate surface area is 82.9 Å². The van der Waals surface area contributed by atoms with Crippen molar-refractivity contribution >= 4 is 0 Å². The van der Waals surface area contributed by atoms with Crippen LogP contribution in [0.25, 0.3) is 0 Å². The van der Waals surface area contributed by atoms with Crippen LogP contribution in [0.5, 0.6) is 0 Å². The van der Waals surface area contributed by atoms with E-state index in [-0.39, 0.29) is 11.5 Å². The predicted molar refractivity (Wildman–Crippen MR) is 53.0 cm³/mol. The molecule has 0 heterocycles. The highest BCUT2D eigenvalue weighted by Gasteiger charge is 2.14. The Bertz CT molecular complexity index is 332. The molecule has 0 fully saturated rings. The lowest BCUT2D eigenvalue weighted by Gasteiger charge is -2.12. The maximum absolute atomic E-state index is 13.2. The van der Waals surface area contributed by atoms with Gasteiger partial charge in [-0.2, -0.15) is 0 Å². The van der Waals surface area contributed by atoms with Crippen LogP contribution in [0.4, 0.5) is 8.78 Å². The monoisotopic (exact) mass is 199 g/mol. The number of hydrogen-bond acceptors (Lipinski definition) is 1. The lowest BCUT2D eigenvalue weighted by Crippen LogP contribution is -2.10. The average Bonchev–Trinajstić information content (AvgIpc) is 2.08. The third-order valence-corrected chi connectivity index (χ3v) is 2.24. The zero-order valence-electron chi connectivity index (χ0n) is 8.64. The molecule has 1 aromatic rings. The van der Waals surface area contributed by atoms with Crippen LogP contribution in [-0.2, 0) is 0 Å². The molecule has 1 nitrogen and oxygen atoms in total. The van der Waals surface area contributed by atoms with E-state index < -0.39 is 17.7 Å². The van der Waals surface area contributed by atoms with Gasteiger partial charge in [0.1, 0.15) is 0 Å². The van der Waals surface area contributed by atoms with Gasteiger partial charge in [0, 0.05) is 11.6 Å². The average molecular weight is 199 g/mol. The molecule has 1 rings (SSSR count). The smallest absolute Gasteiger partial charge is 0.163 e. The van der Waals surface area contributed by atoms with Crippen molar-refractivity contribution in [3.8, 4) is 0 Å². The fourth-order valence-corrected chi connectivity index (χ4v) is 1.30. The minimum atomic E-state index is -0.829. The molecule has 0 saturated carbocycles. The van der Waals surface area contributed by atoms with Gasteiger partial charge in [0.05, 0.1) is 0 Å². The number of halogens is 2. The van der Waals surface area contributed by atoms with Crippen LogP contribution >= 0.6 is 0 Å². The minimum absolute atomic E-state index is 0.169. The van der Waals surface area contributed by atoms with E-state index in [2.05, 4.69) is 0 Å². The van der Waals surface area contributed by atoms with Gasteiger partial charge in [-0.15, -0.1) is 0 Å². The molecule has 2 N–H and O–H groups in total. The molecule has 0 radical (unpaired) electrons. The van der Waals surface area contributed by atoms with E-state index in [1.165, 1.54) is 6.07 Å². The zero-order chi connectivity index (χ0) is 10.9. The van der Waals surface area contributed by atoms with Crippen LogP contribution in [0.2, 0.25) is 0 Å². The lowest BCUT2D eigenvalue weighted by molar-refractivity contribution is 0.489. The SMILES string of the molecule is CC(C)c1cc(F)c(F)c(C(C)N)c1. The van der Waals surface area contributed by atoms with Gasteiger partial charge in [0.25, 0.3) is 0 Å². The summed E-state index contributed by atoms with van der Waals surface area (Å²) in [6, 6.07) is 2.38. The molecule has 0 aliphatic heterocycles. The van der Waals surface area contributed by atoms with Gasteiger partial charge >= 0.3 is 0 Å². The second-order valence-electron chi connectivity index (χ2n) is 3.85. The number of hydrogen-bond donors (Lipinski definition) is 1. The van der Waals surface area contributed by atoms with E-state index in [1.807, 2.05) is 13.8 Å². The molecule has 3 heteroatoms. The molecule has 78 valence electrons. The molecule has 1 atom stereocenters. The molecule has 1 aromatic carbocycles. The van der Waals surface area contributed by atoms with Gasteiger partial charge in [-0.3, -0.25) is 0 Å². The first kappa shape index (κ1) is 11.1. The summed E-state index contributed by atoms with van der Waals surface area (Å²) >= 11 is 0. The highest BCUT2D eigenvalue weighted by atomic mass is 19.2. The molecule has 0 aromatic heterocycles. The van der Waals surface area contributed by atoms with Crippen LogP contribution < -0.4 is 5.73 Å². The van der Waals surface area contributed by atoms with Crippen LogP contribution in [-0.4, -0.2) is 0 Å². The topological polar surface area (TPSA) is 26.0 Å². The Balaban J connectivity index is 3.28. The van der Waals surface area contributed by atoms with Crippen molar-refractivity contribution in [2.45, 2.75) is 32.7 Å². The van der Waals surface area contributed by atoms with Crippen LogP contribution in [0.3, 0.4) is 0 Å². The molecule has 0 aliphatic rings. The number of rotatable bonds is 2. The summed E-state index contributed by atoms with van der Waals surface area (Å²) in [6.07, 6.45) is 0. The van der Waals surface area contributed by atoms with Crippen molar-refractivity contribution in [3.63, 3.8) is 0 Å². The molecule has 0 saturated heterocycles. The highest BCUT2D eigenvalue weighted by molar-refractivity contribution is 5.30. The highest BCUT2D eigenvalue weighted by Crippen LogP contribution is 2.24. The van der Waals surface area contributed by atoms with Crippen LogP contribution in [0.15, 0.2) is 12.1 Å². The predicted octanol–water partition coefficient (Wildman–Crippen LogP) is 3.11. The third kappa shape index (κ3) is 2.10. The standard InChI is InChI=1S/C11H15F2N/c1-6(2)8-4-9(7(3)14)11(13)10(12)5-8/h4-7H,14H2,1-3H3. The van der Waals surface area contributed by atoms with Crippen molar-refractivity contribution in [1.29, 1.82) is 0 Å². The number of benzene rings is 1. The van der Waals surface area contributed by atoms with Crippen molar-refractivity contribution in [3.05, 3.63) is 34.9 Å². The maximum Gasteiger partial charge on any atom is 0.163 e. The summed E-state index contributed by atoms with van der Waals surface area (Å²) in [5.41, 5.74) is 6.56. The minimum Gasteiger partial charge on any atom is -0.324 e. The first-order chi connectivity index (χ1) is 6.43. The summed E-state index contributed by atoms with van der Waals surface area (Å²) in [6.45, 7) is 5.50. The Morgan fingerprint density at radius 1 is 1.14 bits per heavy atom. The van der Waals surface area contributed by atoms with Crippen molar-refractivity contribution in [1.82, 2.24) is 0 Å². The Hall–Kier alpha value is -0.960. The van der Waals surface area contributed by atoms with Crippen molar-refractivity contribution in [2.24, 2.45) is 5.73 Å². The summed E-state index contributed by atoms with van der Waals surface area (Å²) < 4.78 is 26.4. The number of nitrogens with two attached hydrogens (primary N) is 1. The van der Waals surface area contributed by atoms with Gasteiger partial charge in [-0.25, -0.2) is 8.78 Å². The Kier molecular flexibility index (Phi) is 3.21. The fraction of sp³-hybridized carbons (Fsp3) is 0.455. The summed E-state index contributed by atoms with van der Waals surface area (Å²) in [5.74, 6) is -1.48. The normalized spacial score (nSPS) is 13.4. The lowest BCUT2D eigenvalue weighted by atomic mass is 9.98. The van der Waals surface area contributed by atoms with Gasteiger partial charge in [0.2, 0.25) is 0 Å². The van der Waals surface area contributed by atoms with E-state index >= 15 is 0 Å². The molecule has 0 amide bonds. The molecule has 1 unspecified atom stereocenters. The maximum atomic E-state index is 13.2. The summed E-state index contributed by atoms with van der Waals surface area (Å²) in [5, 5.41) is 0. The largest absolute Gasteiger partial charge is 0.324 e. The van der Waals surface area contributed by atoms with Gasteiger partial charge < -0.3 is 5.73 Å². The molecule has 0 aliphatic carbocycles. The third-order valence-electron chi connectivity index (χ3n) is 2.24. The second-order valence-corrected chi connectivity index (χ2v) is 3.85. The molecule has 14 heavy (non-hydrogen) atoms. The van der Waals surface area contributed by atoms with Crippen LogP contribution in [0.1, 0.15) is 43.9 Å². The van der Waals surface area contributed by atoms with E-state index in [4.69, 9.17) is 5.73 Å². The van der Waals surface area contributed by atoms with Gasteiger partial charge in [-0.1, -0.05) is 19.9 Å². The Morgan fingerprint density at radius 2 is 1.71 bits per heavy atom. The van der Waals surface area contributed by atoms with Crippen molar-refractivity contribution < 1.29 is 8.78 Å².